The third-order valence-corrected chi connectivity index (χ3v) is 3.08. The summed E-state index contributed by atoms with van der Waals surface area (Å²) in [7, 11) is 0. The van der Waals surface area contributed by atoms with Crippen LogP contribution in [0.25, 0.3) is 0 Å². The summed E-state index contributed by atoms with van der Waals surface area (Å²) in [6.07, 6.45) is 1.12. The summed E-state index contributed by atoms with van der Waals surface area (Å²) in [6, 6.07) is 7.60. The summed E-state index contributed by atoms with van der Waals surface area (Å²) in [5.41, 5.74) is 1.88. The van der Waals surface area contributed by atoms with E-state index in [1.165, 1.54) is 0 Å². The average Bonchev–Trinajstić information content (AvgIpc) is 2.44. The third-order valence-electron chi connectivity index (χ3n) is 3.08. The Morgan fingerprint density at radius 1 is 1.00 bits per heavy atom. The van der Waals surface area contributed by atoms with Crippen LogP contribution in [0.4, 0.5) is 0 Å². The maximum absolute atomic E-state index is 11.6. The quantitative estimate of drug-likeness (QED) is 0.712. The second-order valence-corrected chi connectivity index (χ2v) is 6.59. The van der Waals surface area contributed by atoms with Crippen LogP contribution in [-0.2, 0) is 22.6 Å². The number of carbonyl (C=O) groups is 2. The molecule has 5 heteroatoms. The van der Waals surface area contributed by atoms with Crippen molar-refractivity contribution in [2.24, 2.45) is 5.41 Å². The lowest BCUT2D eigenvalue weighted by Crippen LogP contribution is -2.38. The van der Waals surface area contributed by atoms with Crippen molar-refractivity contribution >= 4 is 11.8 Å². The SMILES string of the molecule is CC(C)(C)CC(=O)NCC(=O)NCCc1ccc(CO)cc1. The molecule has 0 unspecified atom stereocenters. The van der Waals surface area contributed by atoms with Crippen LogP contribution in [0.1, 0.15) is 38.3 Å². The molecule has 1 aromatic carbocycles. The zero-order chi connectivity index (χ0) is 16.6. The normalized spacial score (nSPS) is 11.1. The fourth-order valence-electron chi connectivity index (χ4n) is 1.94. The van der Waals surface area contributed by atoms with Gasteiger partial charge in [0.15, 0.2) is 0 Å². The van der Waals surface area contributed by atoms with E-state index in [0.717, 1.165) is 11.1 Å². The van der Waals surface area contributed by atoms with Gasteiger partial charge in [0.1, 0.15) is 0 Å². The zero-order valence-corrected chi connectivity index (χ0v) is 13.6. The fourth-order valence-corrected chi connectivity index (χ4v) is 1.94. The predicted octanol–water partition coefficient (Wildman–Crippen LogP) is 1.39. The van der Waals surface area contributed by atoms with Gasteiger partial charge in [0.05, 0.1) is 13.2 Å². The molecule has 0 radical (unpaired) electrons. The molecule has 5 nitrogen and oxygen atoms in total. The summed E-state index contributed by atoms with van der Waals surface area (Å²) in [5.74, 6) is -0.295. The van der Waals surface area contributed by atoms with Crippen LogP contribution in [0.15, 0.2) is 24.3 Å². The van der Waals surface area contributed by atoms with E-state index in [1.807, 2.05) is 45.0 Å². The van der Waals surface area contributed by atoms with Crippen LogP contribution in [0.3, 0.4) is 0 Å². The van der Waals surface area contributed by atoms with Gasteiger partial charge in [-0.2, -0.15) is 0 Å². The minimum atomic E-state index is -0.186. The molecule has 3 N–H and O–H groups in total. The first-order chi connectivity index (χ1) is 10.3. The number of aliphatic hydroxyl groups excluding tert-OH is 1. The van der Waals surface area contributed by atoms with Gasteiger partial charge in [-0.15, -0.1) is 0 Å². The number of carbonyl (C=O) groups excluding carboxylic acids is 2. The summed E-state index contributed by atoms with van der Waals surface area (Å²) in [6.45, 7) is 6.51. The lowest BCUT2D eigenvalue weighted by Gasteiger charge is -2.17. The Morgan fingerprint density at radius 3 is 2.14 bits per heavy atom. The van der Waals surface area contributed by atoms with E-state index in [-0.39, 0.29) is 30.4 Å². The molecule has 0 saturated carbocycles. The van der Waals surface area contributed by atoms with Gasteiger partial charge >= 0.3 is 0 Å². The van der Waals surface area contributed by atoms with E-state index in [1.54, 1.807) is 0 Å². The van der Waals surface area contributed by atoms with Crippen molar-refractivity contribution in [3.05, 3.63) is 35.4 Å². The minimum Gasteiger partial charge on any atom is -0.392 e. The lowest BCUT2D eigenvalue weighted by molar-refractivity contribution is -0.127. The first kappa shape index (κ1) is 18.2. The van der Waals surface area contributed by atoms with E-state index >= 15 is 0 Å². The number of hydrogen-bond donors (Lipinski definition) is 3. The summed E-state index contributed by atoms with van der Waals surface area (Å²) in [5, 5.41) is 14.4. The number of hydrogen-bond acceptors (Lipinski definition) is 3. The molecule has 0 saturated heterocycles. The summed E-state index contributed by atoms with van der Waals surface area (Å²) in [4.78, 5) is 23.3. The Kier molecular flexibility index (Phi) is 7.05. The van der Waals surface area contributed by atoms with Crippen LogP contribution in [-0.4, -0.2) is 30.0 Å². The molecular formula is C17H26N2O3. The van der Waals surface area contributed by atoms with Gasteiger partial charge in [0.25, 0.3) is 0 Å². The second-order valence-electron chi connectivity index (χ2n) is 6.59. The molecule has 0 aromatic heterocycles. The Labute approximate surface area is 132 Å². The van der Waals surface area contributed by atoms with Crippen molar-refractivity contribution < 1.29 is 14.7 Å². The smallest absolute Gasteiger partial charge is 0.239 e. The minimum absolute atomic E-state index is 0.0123. The van der Waals surface area contributed by atoms with Gasteiger partial charge in [-0.3, -0.25) is 9.59 Å². The van der Waals surface area contributed by atoms with Gasteiger partial charge < -0.3 is 15.7 Å². The third kappa shape index (κ3) is 7.78. The molecule has 0 aliphatic rings. The summed E-state index contributed by atoms with van der Waals surface area (Å²) < 4.78 is 0. The van der Waals surface area contributed by atoms with Crippen molar-refractivity contribution in [2.75, 3.05) is 13.1 Å². The van der Waals surface area contributed by atoms with E-state index in [9.17, 15) is 9.59 Å². The number of aliphatic hydroxyl groups is 1. The van der Waals surface area contributed by atoms with Gasteiger partial charge in [-0.25, -0.2) is 0 Å². The van der Waals surface area contributed by atoms with Gasteiger partial charge in [0, 0.05) is 13.0 Å². The highest BCUT2D eigenvalue weighted by Gasteiger charge is 2.16. The van der Waals surface area contributed by atoms with Crippen LogP contribution >= 0.6 is 0 Å². The Balaban J connectivity index is 2.21. The van der Waals surface area contributed by atoms with E-state index < -0.39 is 0 Å². The molecule has 0 fully saturated rings. The number of benzene rings is 1. The van der Waals surface area contributed by atoms with Gasteiger partial charge in [-0.05, 0) is 23.0 Å². The van der Waals surface area contributed by atoms with Gasteiger partial charge in [-0.1, -0.05) is 45.0 Å². The largest absolute Gasteiger partial charge is 0.392 e. The number of rotatable bonds is 7. The average molecular weight is 306 g/mol. The van der Waals surface area contributed by atoms with Crippen molar-refractivity contribution in [3.8, 4) is 0 Å². The summed E-state index contributed by atoms with van der Waals surface area (Å²) >= 11 is 0. The molecule has 122 valence electrons. The highest BCUT2D eigenvalue weighted by molar-refractivity contribution is 5.84. The molecule has 0 aliphatic carbocycles. The molecule has 22 heavy (non-hydrogen) atoms. The van der Waals surface area contributed by atoms with Crippen molar-refractivity contribution in [2.45, 2.75) is 40.2 Å². The van der Waals surface area contributed by atoms with Crippen molar-refractivity contribution in [1.82, 2.24) is 10.6 Å². The Morgan fingerprint density at radius 2 is 1.59 bits per heavy atom. The second kappa shape index (κ2) is 8.54. The zero-order valence-electron chi connectivity index (χ0n) is 13.6. The number of amides is 2. The highest BCUT2D eigenvalue weighted by Crippen LogP contribution is 2.17. The van der Waals surface area contributed by atoms with E-state index in [2.05, 4.69) is 10.6 Å². The molecular weight excluding hydrogens is 280 g/mol. The topological polar surface area (TPSA) is 78.4 Å². The van der Waals surface area contributed by atoms with Crippen LogP contribution in [0.5, 0.6) is 0 Å². The maximum Gasteiger partial charge on any atom is 0.239 e. The van der Waals surface area contributed by atoms with E-state index in [4.69, 9.17) is 5.11 Å². The lowest BCUT2D eigenvalue weighted by atomic mass is 9.92. The predicted molar refractivity (Wildman–Crippen MR) is 86.2 cm³/mol. The van der Waals surface area contributed by atoms with E-state index in [0.29, 0.717) is 19.4 Å². The van der Waals surface area contributed by atoms with Crippen LogP contribution in [0.2, 0.25) is 0 Å². The molecule has 1 aromatic rings. The molecule has 0 aliphatic heterocycles. The Bertz CT molecular complexity index is 490. The highest BCUT2D eigenvalue weighted by atomic mass is 16.3. The molecule has 0 bridgehead atoms. The molecule has 0 heterocycles. The van der Waals surface area contributed by atoms with Crippen molar-refractivity contribution in [3.63, 3.8) is 0 Å². The van der Waals surface area contributed by atoms with Gasteiger partial charge in [0.2, 0.25) is 11.8 Å². The molecule has 0 atom stereocenters. The first-order valence-electron chi connectivity index (χ1n) is 7.52. The fraction of sp³-hybridized carbons (Fsp3) is 0.529. The monoisotopic (exact) mass is 306 g/mol. The number of nitrogens with one attached hydrogen (secondary N) is 2. The molecule has 1 rings (SSSR count). The first-order valence-corrected chi connectivity index (χ1v) is 7.52. The van der Waals surface area contributed by atoms with Crippen molar-refractivity contribution in [1.29, 1.82) is 0 Å². The Hall–Kier alpha value is -1.88. The van der Waals surface area contributed by atoms with Crippen LogP contribution in [0, 0.1) is 5.41 Å². The van der Waals surface area contributed by atoms with Crippen LogP contribution < -0.4 is 10.6 Å². The standard InChI is InChI=1S/C17H26N2O3/c1-17(2,3)10-15(21)19-11-16(22)18-9-8-13-4-6-14(12-20)7-5-13/h4-7,20H,8-12H2,1-3H3,(H,18,22)(H,19,21). The maximum atomic E-state index is 11.6. The molecule has 0 spiro atoms. The molecule has 2 amide bonds.